The molecule has 22 heavy (non-hydrogen) atoms. The van der Waals surface area contributed by atoms with Gasteiger partial charge in [0.05, 0.1) is 0 Å². The van der Waals surface area contributed by atoms with E-state index in [1.807, 2.05) is 36.4 Å². The summed E-state index contributed by atoms with van der Waals surface area (Å²) in [6.07, 6.45) is -1.03. The first kappa shape index (κ1) is 16.7. The molecule has 1 unspecified atom stereocenters. The molecule has 120 valence electrons. The van der Waals surface area contributed by atoms with Crippen LogP contribution in [0.15, 0.2) is 42.5 Å². The molecule has 0 aromatic heterocycles. The molecule has 0 aliphatic heterocycles. The van der Waals surface area contributed by atoms with Gasteiger partial charge in [-0.05, 0) is 22.9 Å². The van der Waals surface area contributed by atoms with Crippen LogP contribution >= 0.6 is 0 Å². The highest BCUT2D eigenvalue weighted by Gasteiger charge is 2.20. The molecule has 2 rings (SSSR count). The first-order valence-electron chi connectivity index (χ1n) is 6.92. The molecule has 0 fully saturated rings. The standard InChI is InChI=1S/C15H19NO5S/c1-2-16(22(18,19)20)10-14(17)11-21-15-8-7-12-5-3-4-6-13(12)9-15/h3-9,14,17H,2,10-11H2,1H3,(H,18,19,20). The Bertz CT molecular complexity index is 732. The maximum atomic E-state index is 11.0. The maximum absolute atomic E-state index is 11.0. The average Bonchev–Trinajstić information content (AvgIpc) is 2.49. The third kappa shape index (κ3) is 4.41. The SMILES string of the molecule is CCN(CC(O)COc1ccc2ccccc2c1)S(=O)(=O)O. The summed E-state index contributed by atoms with van der Waals surface area (Å²) in [7, 11) is -4.30. The summed E-state index contributed by atoms with van der Waals surface area (Å²) in [5, 5.41) is 11.9. The molecule has 0 saturated heterocycles. The smallest absolute Gasteiger partial charge is 0.335 e. The van der Waals surface area contributed by atoms with Crippen molar-refractivity contribution in [1.82, 2.24) is 4.31 Å². The van der Waals surface area contributed by atoms with Crippen LogP contribution in [0, 0.1) is 0 Å². The van der Waals surface area contributed by atoms with Gasteiger partial charge in [-0.15, -0.1) is 0 Å². The Kier molecular flexibility index (Phi) is 5.36. The molecule has 0 aliphatic rings. The molecular weight excluding hydrogens is 306 g/mol. The zero-order chi connectivity index (χ0) is 16.2. The van der Waals surface area contributed by atoms with E-state index in [1.54, 1.807) is 13.0 Å². The van der Waals surface area contributed by atoms with Crippen molar-refractivity contribution in [3.05, 3.63) is 42.5 Å². The number of nitrogens with zero attached hydrogens (tertiary/aromatic N) is 1. The van der Waals surface area contributed by atoms with Crippen molar-refractivity contribution in [1.29, 1.82) is 0 Å². The van der Waals surface area contributed by atoms with Gasteiger partial charge in [0.15, 0.2) is 0 Å². The zero-order valence-corrected chi connectivity index (χ0v) is 13.0. The van der Waals surface area contributed by atoms with Gasteiger partial charge in [-0.25, -0.2) is 0 Å². The van der Waals surface area contributed by atoms with Crippen LogP contribution in [-0.4, -0.2) is 48.2 Å². The number of hydrogen-bond acceptors (Lipinski definition) is 4. The minimum atomic E-state index is -4.30. The highest BCUT2D eigenvalue weighted by molar-refractivity contribution is 7.83. The van der Waals surface area contributed by atoms with E-state index in [4.69, 9.17) is 9.29 Å². The molecule has 2 aromatic carbocycles. The van der Waals surface area contributed by atoms with Gasteiger partial charge in [-0.2, -0.15) is 12.7 Å². The number of fused-ring (bicyclic) bond motifs is 1. The van der Waals surface area contributed by atoms with Crippen LogP contribution in [0.5, 0.6) is 5.75 Å². The lowest BCUT2D eigenvalue weighted by Gasteiger charge is -2.20. The molecule has 1 atom stereocenters. The van der Waals surface area contributed by atoms with Crippen molar-refractivity contribution in [3.63, 3.8) is 0 Å². The largest absolute Gasteiger partial charge is 0.491 e. The van der Waals surface area contributed by atoms with E-state index >= 15 is 0 Å². The fourth-order valence-corrected chi connectivity index (χ4v) is 2.81. The van der Waals surface area contributed by atoms with E-state index < -0.39 is 16.4 Å². The summed E-state index contributed by atoms with van der Waals surface area (Å²) >= 11 is 0. The predicted molar refractivity (Wildman–Crippen MR) is 84.2 cm³/mol. The Morgan fingerprint density at radius 3 is 2.50 bits per heavy atom. The lowest BCUT2D eigenvalue weighted by molar-refractivity contribution is 0.0883. The molecule has 6 nitrogen and oxygen atoms in total. The minimum Gasteiger partial charge on any atom is -0.491 e. The van der Waals surface area contributed by atoms with E-state index in [0.717, 1.165) is 15.1 Å². The van der Waals surface area contributed by atoms with E-state index in [2.05, 4.69) is 0 Å². The second kappa shape index (κ2) is 7.06. The number of rotatable bonds is 7. The van der Waals surface area contributed by atoms with Crippen LogP contribution in [0.25, 0.3) is 10.8 Å². The van der Waals surface area contributed by atoms with E-state index in [0.29, 0.717) is 5.75 Å². The highest BCUT2D eigenvalue weighted by Crippen LogP contribution is 2.20. The monoisotopic (exact) mass is 325 g/mol. The second-order valence-corrected chi connectivity index (χ2v) is 6.31. The number of aliphatic hydroxyl groups is 1. The third-order valence-corrected chi connectivity index (χ3v) is 4.32. The van der Waals surface area contributed by atoms with Crippen molar-refractivity contribution in [2.24, 2.45) is 0 Å². The van der Waals surface area contributed by atoms with Gasteiger partial charge in [0.25, 0.3) is 0 Å². The van der Waals surface area contributed by atoms with Crippen LogP contribution in [0.2, 0.25) is 0 Å². The Morgan fingerprint density at radius 2 is 1.86 bits per heavy atom. The molecule has 0 aliphatic carbocycles. The van der Waals surface area contributed by atoms with Gasteiger partial charge in [0, 0.05) is 13.1 Å². The van der Waals surface area contributed by atoms with E-state index in [9.17, 15) is 13.5 Å². The lowest BCUT2D eigenvalue weighted by Crippen LogP contribution is -2.39. The number of aliphatic hydroxyl groups excluding tert-OH is 1. The fraction of sp³-hybridized carbons (Fsp3) is 0.333. The Balaban J connectivity index is 1.96. The fourth-order valence-electron chi connectivity index (χ4n) is 2.12. The van der Waals surface area contributed by atoms with Crippen molar-refractivity contribution in [3.8, 4) is 5.75 Å². The molecule has 2 aromatic rings. The molecule has 0 spiro atoms. The summed E-state index contributed by atoms with van der Waals surface area (Å²) in [6.45, 7) is 1.36. The summed E-state index contributed by atoms with van der Waals surface area (Å²) in [5.41, 5.74) is 0. The number of ether oxygens (including phenoxy) is 1. The van der Waals surface area contributed by atoms with Crippen LogP contribution in [0.3, 0.4) is 0 Å². The van der Waals surface area contributed by atoms with Crippen molar-refractivity contribution in [2.45, 2.75) is 13.0 Å². The lowest BCUT2D eigenvalue weighted by atomic mass is 10.1. The Morgan fingerprint density at radius 1 is 1.18 bits per heavy atom. The summed E-state index contributed by atoms with van der Waals surface area (Å²) in [5.74, 6) is 0.590. The maximum Gasteiger partial charge on any atom is 0.335 e. The molecule has 0 radical (unpaired) electrons. The van der Waals surface area contributed by atoms with Gasteiger partial charge in [-0.3, -0.25) is 4.55 Å². The van der Waals surface area contributed by atoms with E-state index in [1.165, 1.54) is 0 Å². The first-order valence-corrected chi connectivity index (χ1v) is 8.32. The molecule has 0 amide bonds. The summed E-state index contributed by atoms with van der Waals surface area (Å²) in [4.78, 5) is 0. The molecule has 0 bridgehead atoms. The molecule has 2 N–H and O–H groups in total. The summed E-state index contributed by atoms with van der Waals surface area (Å²) in [6, 6.07) is 13.4. The second-order valence-electron chi connectivity index (χ2n) is 4.90. The van der Waals surface area contributed by atoms with Crippen molar-refractivity contribution in [2.75, 3.05) is 19.7 Å². The number of hydrogen-bond donors (Lipinski definition) is 2. The highest BCUT2D eigenvalue weighted by atomic mass is 32.2. The first-order chi connectivity index (χ1) is 10.4. The van der Waals surface area contributed by atoms with Crippen LogP contribution in [0.1, 0.15) is 6.92 Å². The quantitative estimate of drug-likeness (QED) is 0.757. The van der Waals surface area contributed by atoms with Gasteiger partial charge >= 0.3 is 10.3 Å². The minimum absolute atomic E-state index is 0.0651. The van der Waals surface area contributed by atoms with Crippen LogP contribution < -0.4 is 4.74 Å². The normalized spacial score (nSPS) is 13.5. The molecule has 0 heterocycles. The van der Waals surface area contributed by atoms with Gasteiger partial charge in [-0.1, -0.05) is 37.3 Å². The number of benzene rings is 2. The van der Waals surface area contributed by atoms with Crippen LogP contribution in [0.4, 0.5) is 0 Å². The molecule has 0 saturated carbocycles. The van der Waals surface area contributed by atoms with Crippen molar-refractivity contribution >= 4 is 21.1 Å². The molecular formula is C15H19NO5S. The predicted octanol–water partition coefficient (Wildman–Crippen LogP) is 1.70. The topological polar surface area (TPSA) is 87.1 Å². The summed E-state index contributed by atoms with van der Waals surface area (Å²) < 4.78 is 37.3. The van der Waals surface area contributed by atoms with Gasteiger partial charge in [0.2, 0.25) is 0 Å². The Hall–Kier alpha value is -1.67. The zero-order valence-electron chi connectivity index (χ0n) is 12.2. The molecule has 7 heteroatoms. The van der Waals surface area contributed by atoms with Gasteiger partial charge < -0.3 is 9.84 Å². The van der Waals surface area contributed by atoms with E-state index in [-0.39, 0.29) is 19.7 Å². The van der Waals surface area contributed by atoms with Crippen molar-refractivity contribution < 1.29 is 22.8 Å². The average molecular weight is 325 g/mol. The Labute approximate surface area is 129 Å². The van der Waals surface area contributed by atoms with Crippen LogP contribution in [-0.2, 0) is 10.3 Å². The number of likely N-dealkylation sites (N-methyl/N-ethyl adjacent to an activating group) is 1. The van der Waals surface area contributed by atoms with Gasteiger partial charge in [0.1, 0.15) is 18.5 Å². The third-order valence-electron chi connectivity index (χ3n) is 3.26.